The van der Waals surface area contributed by atoms with Crippen molar-refractivity contribution in [3.63, 3.8) is 0 Å². The summed E-state index contributed by atoms with van der Waals surface area (Å²) in [5.74, 6) is 0. The molecule has 0 spiro atoms. The second-order valence-electron chi connectivity index (χ2n) is 5.56. The van der Waals surface area contributed by atoms with Gasteiger partial charge < -0.3 is 10.3 Å². The summed E-state index contributed by atoms with van der Waals surface area (Å²) in [5, 5.41) is 3.24. The zero-order chi connectivity index (χ0) is 15.7. The minimum atomic E-state index is -3.42. The third-order valence-corrected chi connectivity index (χ3v) is 4.93. The van der Waals surface area contributed by atoms with Crippen molar-refractivity contribution in [2.45, 2.75) is 70.4 Å². The van der Waals surface area contributed by atoms with E-state index in [4.69, 9.17) is 0 Å². The highest BCUT2D eigenvalue weighted by molar-refractivity contribution is 7.89. The summed E-state index contributed by atoms with van der Waals surface area (Å²) >= 11 is 0. The maximum absolute atomic E-state index is 12.3. The van der Waals surface area contributed by atoms with Crippen LogP contribution in [0, 0.1) is 0 Å². The van der Waals surface area contributed by atoms with Gasteiger partial charge >= 0.3 is 0 Å². The van der Waals surface area contributed by atoms with Crippen molar-refractivity contribution < 1.29 is 8.42 Å². The van der Waals surface area contributed by atoms with E-state index in [1.807, 2.05) is 6.92 Å². The maximum atomic E-state index is 12.3. The van der Waals surface area contributed by atoms with Gasteiger partial charge in [-0.15, -0.1) is 0 Å². The summed E-state index contributed by atoms with van der Waals surface area (Å²) in [6.07, 6.45) is 6.84. The van der Waals surface area contributed by atoms with E-state index in [2.05, 4.69) is 28.9 Å². The van der Waals surface area contributed by atoms with Crippen LogP contribution in [0.3, 0.4) is 0 Å². The van der Waals surface area contributed by atoms with Gasteiger partial charge in [0.1, 0.15) is 0 Å². The minimum Gasteiger partial charge on any atom is -0.363 e. The van der Waals surface area contributed by atoms with Gasteiger partial charge in [0.2, 0.25) is 10.0 Å². The lowest BCUT2D eigenvalue weighted by Crippen LogP contribution is -2.32. The van der Waals surface area contributed by atoms with Gasteiger partial charge in [-0.3, -0.25) is 0 Å². The topological polar surface area (TPSA) is 74.0 Å². The molecule has 1 heterocycles. The molecule has 0 amide bonds. The van der Waals surface area contributed by atoms with Gasteiger partial charge in [0.05, 0.1) is 4.90 Å². The molecule has 1 atom stereocenters. The van der Waals surface area contributed by atoms with Gasteiger partial charge in [-0.25, -0.2) is 13.1 Å². The highest BCUT2D eigenvalue weighted by atomic mass is 32.2. The molecule has 0 saturated heterocycles. The van der Waals surface area contributed by atoms with E-state index < -0.39 is 10.0 Å². The lowest BCUT2D eigenvalue weighted by atomic mass is 10.1. The molecule has 0 aliphatic carbocycles. The summed E-state index contributed by atoms with van der Waals surface area (Å²) in [4.78, 5) is 3.33. The van der Waals surface area contributed by atoms with Crippen LogP contribution in [0.25, 0.3) is 0 Å². The number of hydrogen-bond donors (Lipinski definition) is 3. The lowest BCUT2D eigenvalue weighted by Gasteiger charge is -2.13. The molecule has 6 heteroatoms. The molecule has 0 fully saturated rings. The minimum absolute atomic E-state index is 0.0295. The molecule has 0 bridgehead atoms. The Morgan fingerprint density at radius 3 is 2.67 bits per heavy atom. The molecule has 0 saturated carbocycles. The molecule has 1 unspecified atom stereocenters. The van der Waals surface area contributed by atoms with E-state index in [9.17, 15) is 8.42 Å². The summed E-state index contributed by atoms with van der Waals surface area (Å²) in [7, 11) is -3.42. The van der Waals surface area contributed by atoms with Crippen molar-refractivity contribution >= 4 is 10.0 Å². The Kier molecular flexibility index (Phi) is 8.00. The van der Waals surface area contributed by atoms with Crippen LogP contribution in [-0.4, -0.2) is 26.0 Å². The molecule has 1 aromatic heterocycles. The fraction of sp³-hybridized carbons (Fsp3) is 0.733. The summed E-state index contributed by atoms with van der Waals surface area (Å²) in [6.45, 7) is 7.75. The van der Waals surface area contributed by atoms with Crippen LogP contribution in [0.1, 0.15) is 58.6 Å². The SMILES string of the molecule is CCCCCC(C)NS(=O)(=O)c1c[nH]c(CNCCC)c1. The van der Waals surface area contributed by atoms with Crippen LogP contribution >= 0.6 is 0 Å². The zero-order valence-corrected chi connectivity index (χ0v) is 14.2. The van der Waals surface area contributed by atoms with Crippen LogP contribution in [0.4, 0.5) is 0 Å². The van der Waals surface area contributed by atoms with Gasteiger partial charge in [-0.2, -0.15) is 0 Å². The highest BCUT2D eigenvalue weighted by Gasteiger charge is 2.18. The summed E-state index contributed by atoms with van der Waals surface area (Å²) in [6, 6.07) is 1.67. The fourth-order valence-corrected chi connectivity index (χ4v) is 3.46. The Bertz CT molecular complexity index is 497. The van der Waals surface area contributed by atoms with Crippen LogP contribution < -0.4 is 10.0 Å². The number of aromatic nitrogens is 1. The standard InChI is InChI=1S/C15H29N3O2S/c1-4-6-7-8-13(3)18-21(19,20)15-10-14(17-12-15)11-16-9-5-2/h10,12-13,16-18H,4-9,11H2,1-3H3. The first-order valence-corrected chi connectivity index (χ1v) is 9.38. The maximum Gasteiger partial charge on any atom is 0.242 e. The summed E-state index contributed by atoms with van der Waals surface area (Å²) < 4.78 is 27.3. The van der Waals surface area contributed by atoms with Crippen molar-refractivity contribution in [2.75, 3.05) is 6.54 Å². The molecule has 0 aromatic carbocycles. The third-order valence-electron chi connectivity index (χ3n) is 3.37. The van der Waals surface area contributed by atoms with Gasteiger partial charge in [0, 0.05) is 24.5 Å². The first-order chi connectivity index (χ1) is 9.99. The average molecular weight is 315 g/mol. The smallest absolute Gasteiger partial charge is 0.242 e. The van der Waals surface area contributed by atoms with Crippen molar-refractivity contribution in [1.82, 2.24) is 15.0 Å². The van der Waals surface area contributed by atoms with Gasteiger partial charge in [-0.05, 0) is 32.4 Å². The van der Waals surface area contributed by atoms with E-state index in [0.29, 0.717) is 11.4 Å². The number of rotatable bonds is 11. The van der Waals surface area contributed by atoms with Crippen LogP contribution in [0.5, 0.6) is 0 Å². The van der Waals surface area contributed by atoms with E-state index in [1.54, 1.807) is 12.3 Å². The highest BCUT2D eigenvalue weighted by Crippen LogP contribution is 2.13. The second-order valence-corrected chi connectivity index (χ2v) is 7.27. The quantitative estimate of drug-likeness (QED) is 0.550. The zero-order valence-electron chi connectivity index (χ0n) is 13.4. The van der Waals surface area contributed by atoms with Crippen molar-refractivity contribution in [3.05, 3.63) is 18.0 Å². The molecule has 5 nitrogen and oxygen atoms in total. The number of aromatic amines is 1. The Hall–Kier alpha value is -0.850. The molecular formula is C15H29N3O2S. The van der Waals surface area contributed by atoms with Crippen molar-refractivity contribution in [3.8, 4) is 0 Å². The molecule has 0 radical (unpaired) electrons. The molecular weight excluding hydrogens is 286 g/mol. The lowest BCUT2D eigenvalue weighted by molar-refractivity contribution is 0.527. The Labute approximate surface area is 129 Å². The number of unbranched alkanes of at least 4 members (excludes halogenated alkanes) is 2. The fourth-order valence-electron chi connectivity index (χ4n) is 2.17. The predicted octanol–water partition coefficient (Wildman–Crippen LogP) is 2.76. The predicted molar refractivity (Wildman–Crippen MR) is 86.7 cm³/mol. The Morgan fingerprint density at radius 2 is 2.00 bits per heavy atom. The molecule has 1 rings (SSSR count). The molecule has 0 aliphatic heterocycles. The molecule has 21 heavy (non-hydrogen) atoms. The molecule has 3 N–H and O–H groups in total. The molecule has 1 aromatic rings. The number of nitrogens with one attached hydrogen (secondary N) is 3. The number of H-pyrrole nitrogens is 1. The molecule has 0 aliphatic rings. The van der Waals surface area contributed by atoms with Gasteiger partial charge in [0.15, 0.2) is 0 Å². The number of sulfonamides is 1. The summed E-state index contributed by atoms with van der Waals surface area (Å²) in [5.41, 5.74) is 0.891. The normalized spacial score (nSPS) is 13.5. The van der Waals surface area contributed by atoms with Gasteiger partial charge in [0.25, 0.3) is 0 Å². The Morgan fingerprint density at radius 1 is 1.24 bits per heavy atom. The first kappa shape index (κ1) is 18.2. The third kappa shape index (κ3) is 6.63. The Balaban J connectivity index is 2.53. The van der Waals surface area contributed by atoms with Crippen molar-refractivity contribution in [2.24, 2.45) is 0 Å². The van der Waals surface area contributed by atoms with E-state index in [-0.39, 0.29) is 6.04 Å². The van der Waals surface area contributed by atoms with Crippen LogP contribution in [0.15, 0.2) is 17.2 Å². The van der Waals surface area contributed by atoms with Crippen molar-refractivity contribution in [1.29, 1.82) is 0 Å². The monoisotopic (exact) mass is 315 g/mol. The largest absolute Gasteiger partial charge is 0.363 e. The van der Waals surface area contributed by atoms with Gasteiger partial charge in [-0.1, -0.05) is 33.1 Å². The van der Waals surface area contributed by atoms with E-state index in [0.717, 1.165) is 44.3 Å². The number of hydrogen-bond acceptors (Lipinski definition) is 3. The second kappa shape index (κ2) is 9.23. The van der Waals surface area contributed by atoms with Crippen LogP contribution in [0.2, 0.25) is 0 Å². The van der Waals surface area contributed by atoms with E-state index in [1.165, 1.54) is 0 Å². The molecule has 122 valence electrons. The first-order valence-electron chi connectivity index (χ1n) is 7.90. The van der Waals surface area contributed by atoms with Crippen LogP contribution in [-0.2, 0) is 16.6 Å². The average Bonchev–Trinajstić information content (AvgIpc) is 2.88. The van der Waals surface area contributed by atoms with E-state index >= 15 is 0 Å².